The monoisotopic (exact) mass is 216 g/mol. The van der Waals surface area contributed by atoms with Gasteiger partial charge in [0, 0.05) is 13.1 Å². The number of rotatable bonds is 8. The summed E-state index contributed by atoms with van der Waals surface area (Å²) in [5.74, 6) is -0.0284. The molecule has 4 nitrogen and oxygen atoms in total. The normalized spacial score (nSPS) is 12.5. The molecule has 0 aromatic carbocycles. The number of amides is 1. The summed E-state index contributed by atoms with van der Waals surface area (Å²) >= 11 is 0. The van der Waals surface area contributed by atoms with Crippen molar-refractivity contribution in [1.82, 2.24) is 4.90 Å². The molecule has 0 spiro atoms. The molecule has 0 radical (unpaired) electrons. The topological polar surface area (TPSA) is 66.6 Å². The average molecular weight is 216 g/mol. The minimum atomic E-state index is -0.404. The molecule has 0 saturated heterocycles. The molecule has 4 heteroatoms. The molecular formula is C11H24N2O2. The number of aliphatic hydroxyl groups excluding tert-OH is 1. The van der Waals surface area contributed by atoms with Gasteiger partial charge >= 0.3 is 0 Å². The van der Waals surface area contributed by atoms with Crippen LogP contribution in [0.4, 0.5) is 0 Å². The number of hydrogen-bond donors (Lipinski definition) is 2. The number of unbranched alkanes of at least 4 members (excludes halogenated alkanes) is 1. The van der Waals surface area contributed by atoms with E-state index in [-0.39, 0.29) is 12.5 Å². The number of nitrogens with two attached hydrogens (primary N) is 1. The SMILES string of the molecule is CCCCN(CCO)C(=O)[C@H](N)CCC. The number of carbonyl (C=O) groups excluding carboxylic acids is 1. The van der Waals surface area contributed by atoms with E-state index in [9.17, 15) is 4.79 Å². The van der Waals surface area contributed by atoms with Crippen molar-refractivity contribution in [2.24, 2.45) is 5.73 Å². The van der Waals surface area contributed by atoms with Gasteiger partial charge in [-0.15, -0.1) is 0 Å². The Labute approximate surface area is 92.4 Å². The maximum atomic E-state index is 11.8. The molecule has 15 heavy (non-hydrogen) atoms. The van der Waals surface area contributed by atoms with Crippen molar-refractivity contribution in [3.63, 3.8) is 0 Å². The van der Waals surface area contributed by atoms with Crippen LogP contribution in [0.1, 0.15) is 39.5 Å². The smallest absolute Gasteiger partial charge is 0.239 e. The Hall–Kier alpha value is -0.610. The molecule has 0 aromatic heterocycles. The first-order valence-electron chi connectivity index (χ1n) is 5.82. The predicted molar refractivity (Wildman–Crippen MR) is 61.5 cm³/mol. The van der Waals surface area contributed by atoms with E-state index in [1.165, 1.54) is 0 Å². The molecule has 0 aliphatic heterocycles. The van der Waals surface area contributed by atoms with Gasteiger partial charge in [0.05, 0.1) is 12.6 Å². The third-order valence-electron chi connectivity index (χ3n) is 2.38. The Kier molecular flexibility index (Phi) is 8.33. The fraction of sp³-hybridized carbons (Fsp3) is 0.909. The van der Waals surface area contributed by atoms with E-state index in [1.807, 2.05) is 6.92 Å². The molecule has 0 unspecified atom stereocenters. The van der Waals surface area contributed by atoms with Gasteiger partial charge in [-0.1, -0.05) is 26.7 Å². The van der Waals surface area contributed by atoms with Crippen LogP contribution in [0.2, 0.25) is 0 Å². The molecule has 0 fully saturated rings. The maximum absolute atomic E-state index is 11.8. The second-order valence-electron chi connectivity index (χ2n) is 3.80. The molecule has 0 rings (SSSR count). The van der Waals surface area contributed by atoms with Crippen LogP contribution in [-0.2, 0) is 4.79 Å². The summed E-state index contributed by atoms with van der Waals surface area (Å²) in [4.78, 5) is 13.5. The molecule has 0 aliphatic carbocycles. The molecule has 90 valence electrons. The second-order valence-corrected chi connectivity index (χ2v) is 3.80. The molecule has 0 heterocycles. The summed E-state index contributed by atoms with van der Waals surface area (Å²) in [6.07, 6.45) is 3.63. The van der Waals surface area contributed by atoms with Gasteiger partial charge in [0.15, 0.2) is 0 Å². The highest BCUT2D eigenvalue weighted by Gasteiger charge is 2.18. The summed E-state index contributed by atoms with van der Waals surface area (Å²) < 4.78 is 0. The van der Waals surface area contributed by atoms with E-state index in [2.05, 4.69) is 6.92 Å². The zero-order valence-corrected chi connectivity index (χ0v) is 9.91. The fourth-order valence-corrected chi connectivity index (χ4v) is 1.47. The van der Waals surface area contributed by atoms with E-state index < -0.39 is 6.04 Å². The molecule has 0 aromatic rings. The first-order chi connectivity index (χ1) is 7.17. The standard InChI is InChI=1S/C11H24N2O2/c1-3-5-7-13(8-9-14)11(15)10(12)6-4-2/h10,14H,3-9,12H2,1-2H3/t10-/m1/s1. The van der Waals surface area contributed by atoms with Crippen LogP contribution >= 0.6 is 0 Å². The third-order valence-corrected chi connectivity index (χ3v) is 2.38. The zero-order valence-electron chi connectivity index (χ0n) is 9.91. The lowest BCUT2D eigenvalue weighted by Gasteiger charge is -2.24. The van der Waals surface area contributed by atoms with Crippen LogP contribution < -0.4 is 5.73 Å². The Morgan fingerprint density at radius 2 is 2.00 bits per heavy atom. The van der Waals surface area contributed by atoms with Gasteiger partial charge in [-0.2, -0.15) is 0 Å². The average Bonchev–Trinajstić information content (AvgIpc) is 2.23. The van der Waals surface area contributed by atoms with Crippen LogP contribution in [0.3, 0.4) is 0 Å². The van der Waals surface area contributed by atoms with Crippen LogP contribution in [-0.4, -0.2) is 41.7 Å². The second kappa shape index (κ2) is 8.68. The lowest BCUT2D eigenvalue weighted by molar-refractivity contribution is -0.133. The largest absolute Gasteiger partial charge is 0.395 e. The highest BCUT2D eigenvalue weighted by Crippen LogP contribution is 2.02. The molecule has 0 aliphatic rings. The van der Waals surface area contributed by atoms with E-state index in [0.717, 1.165) is 19.3 Å². The van der Waals surface area contributed by atoms with Gasteiger partial charge in [-0.3, -0.25) is 4.79 Å². The van der Waals surface area contributed by atoms with Gasteiger partial charge in [0.25, 0.3) is 0 Å². The zero-order chi connectivity index (χ0) is 11.7. The lowest BCUT2D eigenvalue weighted by atomic mass is 10.1. The third kappa shape index (κ3) is 5.74. The highest BCUT2D eigenvalue weighted by atomic mass is 16.3. The summed E-state index contributed by atoms with van der Waals surface area (Å²) in [6, 6.07) is -0.404. The minimum absolute atomic E-state index is 0.00823. The van der Waals surface area contributed by atoms with Crippen LogP contribution in [0.5, 0.6) is 0 Å². The van der Waals surface area contributed by atoms with Crippen molar-refractivity contribution in [3.05, 3.63) is 0 Å². The first kappa shape index (κ1) is 14.4. The number of nitrogens with zero attached hydrogens (tertiary/aromatic N) is 1. The number of aliphatic hydroxyl groups is 1. The van der Waals surface area contributed by atoms with Crippen LogP contribution in [0, 0.1) is 0 Å². The van der Waals surface area contributed by atoms with Crippen molar-refractivity contribution in [2.75, 3.05) is 19.7 Å². The molecule has 1 atom stereocenters. The van der Waals surface area contributed by atoms with Gasteiger partial charge in [-0.25, -0.2) is 0 Å². The summed E-state index contributed by atoms with van der Waals surface area (Å²) in [5, 5.41) is 8.86. The van der Waals surface area contributed by atoms with E-state index in [1.54, 1.807) is 4.90 Å². The molecule has 0 bridgehead atoms. The van der Waals surface area contributed by atoms with Crippen LogP contribution in [0.25, 0.3) is 0 Å². The summed E-state index contributed by atoms with van der Waals surface area (Å²) in [7, 11) is 0. The van der Waals surface area contributed by atoms with Gasteiger partial charge in [0.2, 0.25) is 5.91 Å². The van der Waals surface area contributed by atoms with Crippen LogP contribution in [0.15, 0.2) is 0 Å². The van der Waals surface area contributed by atoms with Crippen molar-refractivity contribution in [1.29, 1.82) is 0 Å². The van der Waals surface area contributed by atoms with E-state index >= 15 is 0 Å². The Morgan fingerprint density at radius 3 is 2.47 bits per heavy atom. The number of hydrogen-bond acceptors (Lipinski definition) is 3. The minimum Gasteiger partial charge on any atom is -0.395 e. The first-order valence-corrected chi connectivity index (χ1v) is 5.82. The summed E-state index contributed by atoms with van der Waals surface area (Å²) in [5.41, 5.74) is 5.76. The van der Waals surface area contributed by atoms with Crippen molar-refractivity contribution < 1.29 is 9.90 Å². The maximum Gasteiger partial charge on any atom is 0.239 e. The molecular weight excluding hydrogens is 192 g/mol. The van der Waals surface area contributed by atoms with Gasteiger partial charge in [0.1, 0.15) is 0 Å². The lowest BCUT2D eigenvalue weighted by Crippen LogP contribution is -2.45. The Bertz CT molecular complexity index is 174. The van der Waals surface area contributed by atoms with E-state index in [4.69, 9.17) is 10.8 Å². The fourth-order valence-electron chi connectivity index (χ4n) is 1.47. The van der Waals surface area contributed by atoms with Gasteiger partial charge < -0.3 is 15.7 Å². The Morgan fingerprint density at radius 1 is 1.33 bits per heavy atom. The van der Waals surface area contributed by atoms with Crippen molar-refractivity contribution in [3.8, 4) is 0 Å². The summed E-state index contributed by atoms with van der Waals surface area (Å²) in [6.45, 7) is 5.20. The predicted octanol–water partition coefficient (Wildman–Crippen LogP) is 0.735. The highest BCUT2D eigenvalue weighted by molar-refractivity contribution is 5.81. The molecule has 1 amide bonds. The molecule has 0 saturated carbocycles. The van der Waals surface area contributed by atoms with E-state index in [0.29, 0.717) is 19.5 Å². The molecule has 3 N–H and O–H groups in total. The van der Waals surface area contributed by atoms with Crippen molar-refractivity contribution >= 4 is 5.91 Å². The Balaban J connectivity index is 4.13. The quantitative estimate of drug-likeness (QED) is 0.628. The van der Waals surface area contributed by atoms with Crippen molar-refractivity contribution in [2.45, 2.75) is 45.6 Å². The van der Waals surface area contributed by atoms with Gasteiger partial charge in [-0.05, 0) is 12.8 Å². The number of carbonyl (C=O) groups is 1.